The monoisotopic (exact) mass is 196 g/mol. The first-order chi connectivity index (χ1) is 6.75. The fourth-order valence-electron chi connectivity index (χ4n) is 1.64. The Labute approximate surface area is 91.8 Å². The molecule has 1 aliphatic carbocycles. The lowest BCUT2D eigenvalue weighted by molar-refractivity contribution is 0.294. The van der Waals surface area contributed by atoms with Crippen LogP contribution < -0.4 is 0 Å². The summed E-state index contributed by atoms with van der Waals surface area (Å²) in [7, 11) is 0. The molecule has 14 heavy (non-hydrogen) atoms. The molecular weight excluding hydrogens is 168 g/mol. The maximum atomic E-state index is 4.00. The van der Waals surface area contributed by atoms with E-state index in [-0.39, 0.29) is 0 Å². The van der Waals surface area contributed by atoms with Gasteiger partial charge >= 0.3 is 0 Å². The lowest BCUT2D eigenvalue weighted by Crippen LogP contribution is -2.24. The van der Waals surface area contributed by atoms with Gasteiger partial charge in [0.1, 0.15) is 0 Å². The minimum Gasteiger partial charge on any atom is -0.124 e. The number of hydrogen-bond acceptors (Lipinski definition) is 0. The molecule has 0 amide bonds. The second kappa shape index (κ2) is 14.8. The van der Waals surface area contributed by atoms with Gasteiger partial charge in [-0.05, 0) is 24.7 Å². The van der Waals surface area contributed by atoms with E-state index in [2.05, 4.69) is 33.3 Å². The zero-order valence-corrected chi connectivity index (χ0v) is 10.9. The van der Waals surface area contributed by atoms with Gasteiger partial charge in [0.05, 0.1) is 0 Å². The van der Waals surface area contributed by atoms with Crippen LogP contribution in [-0.2, 0) is 0 Å². The van der Waals surface area contributed by atoms with Crippen molar-refractivity contribution in [3.63, 3.8) is 0 Å². The third kappa shape index (κ3) is 6.78. The normalized spacial score (nSPS) is 22.1. The summed E-state index contributed by atoms with van der Waals surface area (Å²) in [4.78, 5) is 0. The molecule has 0 saturated heterocycles. The summed E-state index contributed by atoms with van der Waals surface area (Å²) in [5.74, 6) is 1.78. The molecule has 1 saturated carbocycles. The minimum absolute atomic E-state index is 0.856. The van der Waals surface area contributed by atoms with E-state index in [4.69, 9.17) is 0 Å². The van der Waals surface area contributed by atoms with Crippen molar-refractivity contribution in [2.45, 2.75) is 54.4 Å². The molecule has 0 bridgehead atoms. The lowest BCUT2D eigenvalue weighted by Gasteiger charge is -2.35. The van der Waals surface area contributed by atoms with E-state index in [1.807, 2.05) is 27.7 Å². The van der Waals surface area contributed by atoms with Gasteiger partial charge in [-0.2, -0.15) is 0 Å². The average Bonchev–Trinajstić information content (AvgIpc) is 2.27. The second-order valence-electron chi connectivity index (χ2n) is 2.85. The molecule has 2 unspecified atom stereocenters. The van der Waals surface area contributed by atoms with Crippen LogP contribution in [0.5, 0.6) is 0 Å². The van der Waals surface area contributed by atoms with Crippen molar-refractivity contribution in [3.8, 4) is 12.8 Å². The first kappa shape index (κ1) is 19.0. The predicted octanol–water partition coefficient (Wildman–Crippen LogP) is 4.91. The van der Waals surface area contributed by atoms with E-state index in [0.29, 0.717) is 0 Å². The molecule has 0 aromatic heterocycles. The first-order valence-corrected chi connectivity index (χ1v) is 5.76. The molecular formula is C14H28. The summed E-state index contributed by atoms with van der Waals surface area (Å²) in [6.07, 6.45) is 10.6. The van der Waals surface area contributed by atoms with Gasteiger partial charge in [0.15, 0.2) is 0 Å². The van der Waals surface area contributed by atoms with E-state index in [1.165, 1.54) is 18.4 Å². The van der Waals surface area contributed by atoms with Gasteiger partial charge in [0.2, 0.25) is 0 Å². The van der Waals surface area contributed by atoms with Crippen LogP contribution in [-0.4, -0.2) is 0 Å². The van der Waals surface area contributed by atoms with Crippen molar-refractivity contribution >= 4 is 0 Å². The maximum Gasteiger partial charge on any atom is -0.0180 e. The Morgan fingerprint density at radius 1 is 1.21 bits per heavy atom. The summed E-state index contributed by atoms with van der Waals surface area (Å²) in [5.41, 5.74) is 1.47. The van der Waals surface area contributed by atoms with Gasteiger partial charge in [-0.15, -0.1) is 12.8 Å². The molecule has 2 atom stereocenters. The third-order valence-corrected chi connectivity index (χ3v) is 2.24. The molecule has 0 aromatic carbocycles. The molecule has 1 rings (SSSR count). The van der Waals surface area contributed by atoms with Crippen LogP contribution in [0.25, 0.3) is 0 Å². The Morgan fingerprint density at radius 3 is 1.64 bits per heavy atom. The van der Waals surface area contributed by atoms with Gasteiger partial charge in [-0.1, -0.05) is 53.7 Å². The van der Waals surface area contributed by atoms with E-state index in [9.17, 15) is 0 Å². The van der Waals surface area contributed by atoms with E-state index < -0.39 is 0 Å². The van der Waals surface area contributed by atoms with Gasteiger partial charge in [-0.25, -0.2) is 0 Å². The van der Waals surface area contributed by atoms with Crippen molar-refractivity contribution in [1.82, 2.24) is 0 Å². The lowest BCUT2D eigenvalue weighted by atomic mass is 9.70. The molecule has 84 valence electrons. The molecule has 1 fully saturated rings. The number of hydrogen-bond donors (Lipinski definition) is 0. The highest BCUT2D eigenvalue weighted by molar-refractivity contribution is 5.12. The van der Waals surface area contributed by atoms with Crippen molar-refractivity contribution in [1.29, 1.82) is 0 Å². The zero-order chi connectivity index (χ0) is 12.1. The third-order valence-electron chi connectivity index (χ3n) is 2.24. The Kier molecular flexibility index (Phi) is 20.1. The molecule has 0 radical (unpaired) electrons. The fourth-order valence-corrected chi connectivity index (χ4v) is 1.64. The van der Waals surface area contributed by atoms with Crippen LogP contribution >= 0.6 is 0 Å². The van der Waals surface area contributed by atoms with E-state index in [0.717, 1.165) is 11.8 Å². The molecule has 0 aliphatic heterocycles. The van der Waals surface area contributed by atoms with Crippen LogP contribution in [0.15, 0.2) is 12.2 Å². The number of terminal acetylenes is 1. The van der Waals surface area contributed by atoms with Crippen LogP contribution in [0.3, 0.4) is 0 Å². The molecule has 0 aromatic rings. The fraction of sp³-hybridized carbons (Fsp3) is 0.714. The summed E-state index contributed by atoms with van der Waals surface area (Å²) in [5, 5.41) is 0. The molecule has 0 heteroatoms. The molecule has 1 aliphatic rings. The largest absolute Gasteiger partial charge is 0.124 e. The van der Waals surface area contributed by atoms with Gasteiger partial charge in [-0.3, -0.25) is 0 Å². The maximum absolute atomic E-state index is 4.00. The zero-order valence-electron chi connectivity index (χ0n) is 10.9. The van der Waals surface area contributed by atoms with Crippen molar-refractivity contribution in [2.75, 3.05) is 0 Å². The van der Waals surface area contributed by atoms with Crippen LogP contribution in [0.2, 0.25) is 0 Å². The predicted molar refractivity (Wildman–Crippen MR) is 69.3 cm³/mol. The SMILES string of the molecule is C#C.C=C1CC(C)C1CC.CC.CC. The molecule has 0 nitrogen and oxygen atoms in total. The Balaban J connectivity index is -0.000000174. The standard InChI is InChI=1S/C8H14.2C2H6.C2H2/c1-4-8-6(2)5-7(8)3;3*1-2/h7-8H,2,4-5H2,1,3H3;2*1-2H3;1-2H. The van der Waals surface area contributed by atoms with Gasteiger partial charge < -0.3 is 0 Å². The van der Waals surface area contributed by atoms with Gasteiger partial charge in [0.25, 0.3) is 0 Å². The van der Waals surface area contributed by atoms with Crippen LogP contribution in [0, 0.1) is 24.7 Å². The van der Waals surface area contributed by atoms with Crippen molar-refractivity contribution in [3.05, 3.63) is 12.2 Å². The summed E-state index contributed by atoms with van der Waals surface area (Å²) < 4.78 is 0. The summed E-state index contributed by atoms with van der Waals surface area (Å²) in [6.45, 7) is 16.5. The Bertz CT molecular complexity index is 130. The van der Waals surface area contributed by atoms with Crippen LogP contribution in [0.1, 0.15) is 54.4 Å². The summed E-state index contributed by atoms with van der Waals surface area (Å²) >= 11 is 0. The van der Waals surface area contributed by atoms with Crippen molar-refractivity contribution < 1.29 is 0 Å². The van der Waals surface area contributed by atoms with E-state index in [1.54, 1.807) is 0 Å². The quantitative estimate of drug-likeness (QED) is 0.413. The minimum atomic E-state index is 0.856. The topological polar surface area (TPSA) is 0 Å². The average molecular weight is 196 g/mol. The Hall–Kier alpha value is -0.700. The smallest absolute Gasteiger partial charge is 0.0180 e. The highest BCUT2D eigenvalue weighted by Crippen LogP contribution is 2.39. The van der Waals surface area contributed by atoms with E-state index >= 15 is 0 Å². The van der Waals surface area contributed by atoms with Crippen LogP contribution in [0.4, 0.5) is 0 Å². The highest BCUT2D eigenvalue weighted by atomic mass is 14.3. The molecule has 0 heterocycles. The highest BCUT2D eigenvalue weighted by Gasteiger charge is 2.28. The molecule has 0 N–H and O–H groups in total. The first-order valence-electron chi connectivity index (χ1n) is 5.76. The summed E-state index contributed by atoms with van der Waals surface area (Å²) in [6, 6.07) is 0. The van der Waals surface area contributed by atoms with Crippen molar-refractivity contribution in [2.24, 2.45) is 11.8 Å². The number of rotatable bonds is 1. The van der Waals surface area contributed by atoms with Gasteiger partial charge in [0, 0.05) is 0 Å². The Morgan fingerprint density at radius 2 is 1.57 bits per heavy atom. The second-order valence-corrected chi connectivity index (χ2v) is 2.85. The molecule has 0 spiro atoms. The number of allylic oxidation sites excluding steroid dienone is 1.